The van der Waals surface area contributed by atoms with Gasteiger partial charge in [-0.05, 0) is 18.2 Å². The Hall–Kier alpha value is -3.81. The number of nitrogens with one attached hydrogen (secondary N) is 1. The molecule has 3 aromatic rings. The van der Waals surface area contributed by atoms with Gasteiger partial charge in [0.1, 0.15) is 30.0 Å². The highest BCUT2D eigenvalue weighted by Crippen LogP contribution is 2.32. The number of aryl methyl sites for hydroxylation is 1. The Labute approximate surface area is 186 Å². The molecular formula is C24H26N4O4. The number of carbonyl (C=O) groups is 2. The molecule has 1 aliphatic heterocycles. The van der Waals surface area contributed by atoms with Gasteiger partial charge in [-0.3, -0.25) is 9.59 Å². The van der Waals surface area contributed by atoms with E-state index in [2.05, 4.69) is 10.3 Å². The Morgan fingerprint density at radius 1 is 1.16 bits per heavy atom. The molecule has 1 aliphatic rings. The molecule has 0 spiro atoms. The summed E-state index contributed by atoms with van der Waals surface area (Å²) in [6, 6.07) is 14.4. The second-order valence-electron chi connectivity index (χ2n) is 7.50. The minimum atomic E-state index is -0.502. The van der Waals surface area contributed by atoms with Crippen LogP contribution >= 0.6 is 0 Å². The van der Waals surface area contributed by atoms with E-state index in [0.717, 1.165) is 11.3 Å². The van der Waals surface area contributed by atoms with Gasteiger partial charge in [0, 0.05) is 37.8 Å². The van der Waals surface area contributed by atoms with Crippen LogP contribution in [0, 0.1) is 0 Å². The summed E-state index contributed by atoms with van der Waals surface area (Å²) in [4.78, 5) is 31.8. The van der Waals surface area contributed by atoms with Gasteiger partial charge in [0.15, 0.2) is 0 Å². The number of amides is 2. The van der Waals surface area contributed by atoms with Crippen LogP contribution in [0.2, 0.25) is 0 Å². The van der Waals surface area contributed by atoms with Gasteiger partial charge in [0.25, 0.3) is 0 Å². The predicted molar refractivity (Wildman–Crippen MR) is 120 cm³/mol. The van der Waals surface area contributed by atoms with E-state index in [9.17, 15) is 9.59 Å². The van der Waals surface area contributed by atoms with E-state index in [4.69, 9.17) is 9.47 Å². The van der Waals surface area contributed by atoms with E-state index in [1.807, 2.05) is 66.3 Å². The minimum Gasteiger partial charge on any atom is -0.496 e. The maximum absolute atomic E-state index is 12.9. The lowest BCUT2D eigenvalue weighted by Gasteiger charge is -2.29. The van der Waals surface area contributed by atoms with Gasteiger partial charge >= 0.3 is 0 Å². The molecule has 0 saturated heterocycles. The van der Waals surface area contributed by atoms with Crippen LogP contribution in [0.3, 0.4) is 0 Å². The zero-order valence-electron chi connectivity index (χ0n) is 18.2. The fourth-order valence-corrected chi connectivity index (χ4v) is 3.86. The fourth-order valence-electron chi connectivity index (χ4n) is 3.86. The van der Waals surface area contributed by atoms with E-state index in [1.165, 1.54) is 0 Å². The summed E-state index contributed by atoms with van der Waals surface area (Å²) < 4.78 is 13.0. The number of para-hydroxylation sites is 3. The fraction of sp³-hybridized carbons (Fsp3) is 0.292. The topological polar surface area (TPSA) is 85.7 Å². The lowest BCUT2D eigenvalue weighted by molar-refractivity contribution is -0.125. The van der Waals surface area contributed by atoms with Crippen molar-refractivity contribution in [2.75, 3.05) is 25.2 Å². The van der Waals surface area contributed by atoms with Crippen molar-refractivity contribution in [1.29, 1.82) is 0 Å². The first-order valence-electron chi connectivity index (χ1n) is 10.5. The Balaban J connectivity index is 1.47. The maximum Gasteiger partial charge on any atom is 0.227 e. The molecule has 2 amide bonds. The number of anilines is 1. The third kappa shape index (κ3) is 4.44. The van der Waals surface area contributed by atoms with E-state index in [1.54, 1.807) is 18.2 Å². The van der Waals surface area contributed by atoms with Crippen molar-refractivity contribution in [2.45, 2.75) is 18.9 Å². The largest absolute Gasteiger partial charge is 0.496 e. The molecular weight excluding hydrogens is 408 g/mol. The number of ether oxygens (including phenoxy) is 2. The lowest BCUT2D eigenvalue weighted by atomic mass is 10.0. The quantitative estimate of drug-likeness (QED) is 0.618. The molecule has 1 unspecified atom stereocenters. The summed E-state index contributed by atoms with van der Waals surface area (Å²) in [5.74, 6) is 1.67. The van der Waals surface area contributed by atoms with Crippen molar-refractivity contribution in [3.05, 3.63) is 72.3 Å². The van der Waals surface area contributed by atoms with Gasteiger partial charge in [0.2, 0.25) is 11.8 Å². The van der Waals surface area contributed by atoms with Crippen LogP contribution in [0.15, 0.2) is 60.9 Å². The van der Waals surface area contributed by atoms with Gasteiger partial charge in [0.05, 0.1) is 19.3 Å². The number of fused-ring (bicyclic) bond motifs is 1. The molecule has 0 aliphatic carbocycles. The number of benzene rings is 2. The van der Waals surface area contributed by atoms with Gasteiger partial charge in [-0.15, -0.1) is 0 Å². The average molecular weight is 434 g/mol. The molecule has 8 heteroatoms. The molecule has 0 saturated carbocycles. The minimum absolute atomic E-state index is 0.0639. The number of imidazole rings is 1. The molecule has 1 N–H and O–H groups in total. The molecule has 32 heavy (non-hydrogen) atoms. The molecule has 1 atom stereocenters. The third-order valence-electron chi connectivity index (χ3n) is 5.47. The summed E-state index contributed by atoms with van der Waals surface area (Å²) in [5, 5.41) is 3.03. The lowest BCUT2D eigenvalue weighted by Crippen LogP contribution is -2.39. The molecule has 8 nitrogen and oxygen atoms in total. The SMILES string of the molecule is COc1ccccc1C(NC(=O)CCC(=O)N1CCOc2ccccc21)c1nccn1C. The van der Waals surface area contributed by atoms with Gasteiger partial charge in [-0.25, -0.2) is 4.98 Å². The van der Waals surface area contributed by atoms with Crippen molar-refractivity contribution in [3.8, 4) is 11.5 Å². The van der Waals surface area contributed by atoms with E-state index in [-0.39, 0.29) is 24.7 Å². The highest BCUT2D eigenvalue weighted by Gasteiger charge is 2.26. The van der Waals surface area contributed by atoms with E-state index >= 15 is 0 Å². The molecule has 1 aromatic heterocycles. The first-order chi connectivity index (χ1) is 15.6. The summed E-state index contributed by atoms with van der Waals surface area (Å²) in [6.07, 6.45) is 3.67. The van der Waals surface area contributed by atoms with Gasteiger partial charge < -0.3 is 24.3 Å². The normalized spacial score (nSPS) is 13.6. The van der Waals surface area contributed by atoms with E-state index in [0.29, 0.717) is 30.5 Å². The Bertz CT molecular complexity index is 1110. The molecule has 2 heterocycles. The standard InChI is InChI=1S/C24H26N4O4/c1-27-14-13-25-24(27)23(17-7-3-5-9-19(17)31-2)26-21(29)11-12-22(30)28-15-16-32-20-10-6-4-8-18(20)28/h3-10,13-14,23H,11-12,15-16H2,1-2H3,(H,26,29). The van der Waals surface area contributed by atoms with Crippen LogP contribution in [0.5, 0.6) is 11.5 Å². The number of rotatable bonds is 7. The zero-order valence-corrected chi connectivity index (χ0v) is 18.2. The average Bonchev–Trinajstić information content (AvgIpc) is 3.26. The first kappa shape index (κ1) is 21.4. The molecule has 0 fully saturated rings. The van der Waals surface area contributed by atoms with Gasteiger partial charge in [-0.2, -0.15) is 0 Å². The molecule has 2 aromatic carbocycles. The number of hydrogen-bond donors (Lipinski definition) is 1. The third-order valence-corrected chi connectivity index (χ3v) is 5.47. The zero-order chi connectivity index (χ0) is 22.5. The van der Waals surface area contributed by atoms with Crippen molar-refractivity contribution in [2.24, 2.45) is 7.05 Å². The highest BCUT2D eigenvalue weighted by atomic mass is 16.5. The molecule has 4 rings (SSSR count). The summed E-state index contributed by atoms with van der Waals surface area (Å²) >= 11 is 0. The van der Waals surface area contributed by atoms with Crippen molar-refractivity contribution in [1.82, 2.24) is 14.9 Å². The Morgan fingerprint density at radius 2 is 1.94 bits per heavy atom. The number of methoxy groups -OCH3 is 1. The summed E-state index contributed by atoms with van der Waals surface area (Å²) in [5.41, 5.74) is 1.54. The maximum atomic E-state index is 12.9. The summed E-state index contributed by atoms with van der Waals surface area (Å²) in [7, 11) is 3.46. The second-order valence-corrected chi connectivity index (χ2v) is 7.50. The van der Waals surface area contributed by atoms with E-state index < -0.39 is 6.04 Å². The molecule has 166 valence electrons. The first-order valence-corrected chi connectivity index (χ1v) is 10.5. The monoisotopic (exact) mass is 434 g/mol. The smallest absolute Gasteiger partial charge is 0.227 e. The number of aromatic nitrogens is 2. The van der Waals surface area contributed by atoms with Crippen molar-refractivity contribution in [3.63, 3.8) is 0 Å². The highest BCUT2D eigenvalue weighted by molar-refractivity contribution is 5.97. The van der Waals surface area contributed by atoms with Crippen LogP contribution < -0.4 is 19.7 Å². The van der Waals surface area contributed by atoms with Crippen LogP contribution in [0.25, 0.3) is 0 Å². The van der Waals surface area contributed by atoms with Gasteiger partial charge in [-0.1, -0.05) is 30.3 Å². The molecule has 0 bridgehead atoms. The van der Waals surface area contributed by atoms with Crippen molar-refractivity contribution < 1.29 is 19.1 Å². The summed E-state index contributed by atoms with van der Waals surface area (Å²) in [6.45, 7) is 0.901. The van der Waals surface area contributed by atoms with Crippen LogP contribution in [-0.2, 0) is 16.6 Å². The second kappa shape index (κ2) is 9.55. The number of hydrogen-bond acceptors (Lipinski definition) is 5. The Morgan fingerprint density at radius 3 is 2.72 bits per heavy atom. The molecule has 0 radical (unpaired) electrons. The number of carbonyl (C=O) groups excluding carboxylic acids is 2. The van der Waals surface area contributed by atoms with Crippen molar-refractivity contribution >= 4 is 17.5 Å². The van der Waals surface area contributed by atoms with Crippen LogP contribution in [-0.4, -0.2) is 41.6 Å². The number of nitrogens with zero attached hydrogens (tertiary/aromatic N) is 3. The predicted octanol–water partition coefficient (Wildman–Crippen LogP) is 2.84. The Kier molecular flexibility index (Phi) is 6.39. The van der Waals surface area contributed by atoms with Crippen LogP contribution in [0.1, 0.15) is 30.3 Å². The van der Waals surface area contributed by atoms with Crippen LogP contribution in [0.4, 0.5) is 5.69 Å².